The van der Waals surface area contributed by atoms with Crippen LogP contribution in [0.5, 0.6) is 5.88 Å². The molecule has 45 heavy (non-hydrogen) atoms. The molecule has 1 atom stereocenters. The van der Waals surface area contributed by atoms with Crippen LogP contribution < -0.4 is 15.9 Å². The normalized spacial score (nSPS) is 21.4. The number of nitrogens with zero attached hydrogens (tertiary/aromatic N) is 2. The van der Waals surface area contributed by atoms with Crippen molar-refractivity contribution >= 4 is 23.5 Å². The third kappa shape index (κ3) is 5.97. The molecule has 1 aliphatic heterocycles. The molecule has 1 N–H and O–H groups in total. The lowest BCUT2D eigenvalue weighted by molar-refractivity contribution is -0.152. The monoisotopic (exact) mass is 621 g/mol. The zero-order valence-corrected chi connectivity index (χ0v) is 25.7. The molecule has 0 radical (unpaired) electrons. The van der Waals surface area contributed by atoms with E-state index in [0.29, 0.717) is 47.7 Å². The third-order valence-corrected chi connectivity index (χ3v) is 9.30. The number of nitrogens with one attached hydrogen (secondary N) is 1. The summed E-state index contributed by atoms with van der Waals surface area (Å²) in [5, 5.41) is 2.88. The van der Waals surface area contributed by atoms with Crippen molar-refractivity contribution in [1.82, 2.24) is 9.88 Å². The van der Waals surface area contributed by atoms with E-state index < -0.39 is 23.7 Å². The van der Waals surface area contributed by atoms with Crippen molar-refractivity contribution in [3.8, 4) is 5.88 Å². The lowest BCUT2D eigenvalue weighted by Gasteiger charge is -2.42. The van der Waals surface area contributed by atoms with Gasteiger partial charge in [0.2, 0.25) is 11.8 Å². The van der Waals surface area contributed by atoms with Crippen LogP contribution in [0.1, 0.15) is 79.5 Å². The van der Waals surface area contributed by atoms with Crippen LogP contribution in [0.4, 0.5) is 10.1 Å². The van der Waals surface area contributed by atoms with Crippen LogP contribution in [0.2, 0.25) is 0 Å². The van der Waals surface area contributed by atoms with Gasteiger partial charge in [0.05, 0.1) is 12.8 Å². The summed E-state index contributed by atoms with van der Waals surface area (Å²) in [6.07, 6.45) is 3.04. The van der Waals surface area contributed by atoms with Gasteiger partial charge in [0.25, 0.3) is 5.91 Å². The molecule has 1 aromatic carbocycles. The highest BCUT2D eigenvalue weighted by atomic mass is 19.1. The molecule has 12 heteroatoms. The SMILES string of the molecule is COc1ccc2c(n1)CCN(C(=O)C1CC(CC(=O)OCc3oc(=O)oc3C)C1)[C@H]2C(=O)Nc1cc(F)c2c(c1)CCC2(C)C. The Morgan fingerprint density at radius 2 is 1.93 bits per heavy atom. The van der Waals surface area contributed by atoms with Crippen molar-refractivity contribution in [2.75, 3.05) is 19.0 Å². The van der Waals surface area contributed by atoms with E-state index in [4.69, 9.17) is 18.3 Å². The standard InChI is InChI=1S/C33H36FN3O8/c1-17-25(45-32(41)44-17)16-43-27(38)13-18-11-20(12-18)31(40)37-10-8-24-22(5-6-26(36-24)42-4)29(37)30(39)35-21-14-19-7-9-33(2,3)28(19)23(34)15-21/h5-6,14-15,18,20,29H,7-13,16H2,1-4H3,(H,35,39)/t18?,20?,29-/m1/s1. The van der Waals surface area contributed by atoms with Gasteiger partial charge in [-0.05, 0) is 73.3 Å². The molecule has 0 bridgehead atoms. The van der Waals surface area contributed by atoms with Gasteiger partial charge in [-0.25, -0.2) is 14.2 Å². The number of hydrogen-bond acceptors (Lipinski definition) is 9. The zero-order valence-electron chi connectivity index (χ0n) is 25.7. The van der Waals surface area contributed by atoms with Gasteiger partial charge in [-0.3, -0.25) is 14.4 Å². The highest BCUT2D eigenvalue weighted by molar-refractivity contribution is 5.99. The van der Waals surface area contributed by atoms with Gasteiger partial charge in [0, 0.05) is 42.6 Å². The molecule has 3 aromatic rings. The van der Waals surface area contributed by atoms with Gasteiger partial charge in [-0.1, -0.05) is 13.8 Å². The number of benzene rings is 1. The molecule has 0 saturated heterocycles. The number of anilines is 1. The molecule has 2 aromatic heterocycles. The maximum Gasteiger partial charge on any atom is 0.519 e. The number of amides is 2. The fraction of sp³-hybridized carbons (Fsp3) is 0.485. The van der Waals surface area contributed by atoms with Gasteiger partial charge in [-0.15, -0.1) is 0 Å². The topological polar surface area (TPSA) is 141 Å². The van der Waals surface area contributed by atoms with E-state index >= 15 is 4.39 Å². The number of fused-ring (bicyclic) bond motifs is 2. The molecule has 0 unspecified atom stereocenters. The fourth-order valence-corrected chi connectivity index (χ4v) is 6.86. The Kier molecular flexibility index (Phi) is 8.00. The zero-order chi connectivity index (χ0) is 32.0. The second kappa shape index (κ2) is 11.8. The largest absolute Gasteiger partial charge is 0.519 e. The molecule has 11 nitrogen and oxygen atoms in total. The number of methoxy groups -OCH3 is 1. The predicted molar refractivity (Wildman–Crippen MR) is 158 cm³/mol. The van der Waals surface area contributed by atoms with Crippen LogP contribution in [-0.2, 0) is 44.0 Å². The second-order valence-corrected chi connectivity index (χ2v) is 12.8. The molecular formula is C33H36FN3O8. The van der Waals surface area contributed by atoms with Gasteiger partial charge in [0.15, 0.2) is 18.1 Å². The number of carbonyl (C=O) groups excluding carboxylic acids is 3. The summed E-state index contributed by atoms with van der Waals surface area (Å²) < 4.78 is 35.3. The quantitative estimate of drug-likeness (QED) is 0.359. The number of pyridine rings is 1. The van der Waals surface area contributed by atoms with Crippen molar-refractivity contribution < 1.29 is 37.1 Å². The van der Waals surface area contributed by atoms with E-state index in [1.807, 2.05) is 19.9 Å². The molecule has 1 fully saturated rings. The van der Waals surface area contributed by atoms with Crippen molar-refractivity contribution in [2.24, 2.45) is 11.8 Å². The summed E-state index contributed by atoms with van der Waals surface area (Å²) in [5.74, 6) is -1.91. The molecule has 238 valence electrons. The van der Waals surface area contributed by atoms with Crippen molar-refractivity contribution in [3.05, 3.63) is 74.6 Å². The number of aromatic nitrogens is 1. The number of halogens is 1. The number of hydrogen-bond donors (Lipinski definition) is 1. The molecule has 0 spiro atoms. The van der Waals surface area contributed by atoms with E-state index in [1.54, 1.807) is 24.0 Å². The Labute approximate surface area is 259 Å². The van der Waals surface area contributed by atoms with Crippen molar-refractivity contribution in [3.63, 3.8) is 0 Å². The van der Waals surface area contributed by atoms with E-state index in [1.165, 1.54) is 13.2 Å². The van der Waals surface area contributed by atoms with E-state index in [2.05, 4.69) is 10.3 Å². The number of carbonyl (C=O) groups is 3. The van der Waals surface area contributed by atoms with E-state index in [0.717, 1.165) is 18.4 Å². The number of esters is 1. The maximum absolute atomic E-state index is 15.2. The average Bonchev–Trinajstić information content (AvgIpc) is 3.47. The molecule has 1 saturated carbocycles. The van der Waals surface area contributed by atoms with Gasteiger partial charge < -0.3 is 28.5 Å². The van der Waals surface area contributed by atoms with Crippen LogP contribution in [0.15, 0.2) is 37.9 Å². The summed E-state index contributed by atoms with van der Waals surface area (Å²) in [5.41, 5.74) is 2.90. The number of aryl methyl sites for hydroxylation is 2. The Hall–Kier alpha value is -4.48. The Morgan fingerprint density at radius 3 is 2.64 bits per heavy atom. The van der Waals surface area contributed by atoms with Gasteiger partial charge >= 0.3 is 11.8 Å². The minimum absolute atomic E-state index is 0.0576. The maximum atomic E-state index is 15.2. The minimum Gasteiger partial charge on any atom is -0.481 e. The van der Waals surface area contributed by atoms with Crippen LogP contribution in [0, 0.1) is 24.6 Å². The smallest absolute Gasteiger partial charge is 0.481 e. The molecule has 6 rings (SSSR count). The van der Waals surface area contributed by atoms with Crippen molar-refractivity contribution in [2.45, 2.75) is 77.4 Å². The van der Waals surface area contributed by atoms with Crippen LogP contribution in [0.25, 0.3) is 0 Å². The molecule has 2 aliphatic carbocycles. The Balaban J connectivity index is 1.15. The van der Waals surface area contributed by atoms with E-state index in [-0.39, 0.29) is 60.1 Å². The Bertz CT molecular complexity index is 1720. The molecular weight excluding hydrogens is 585 g/mol. The minimum atomic E-state index is -0.968. The van der Waals surface area contributed by atoms with Gasteiger partial charge in [0.1, 0.15) is 11.9 Å². The lowest BCUT2D eigenvalue weighted by atomic mass is 9.72. The average molecular weight is 622 g/mol. The first kappa shape index (κ1) is 30.5. The van der Waals surface area contributed by atoms with Crippen LogP contribution >= 0.6 is 0 Å². The number of rotatable bonds is 8. The predicted octanol–water partition coefficient (Wildman–Crippen LogP) is 4.53. The summed E-state index contributed by atoms with van der Waals surface area (Å²) in [6.45, 7) is 5.64. The summed E-state index contributed by atoms with van der Waals surface area (Å²) in [6, 6.07) is 5.61. The summed E-state index contributed by atoms with van der Waals surface area (Å²) >= 11 is 0. The second-order valence-electron chi connectivity index (χ2n) is 12.8. The molecule has 3 heterocycles. The van der Waals surface area contributed by atoms with Crippen LogP contribution in [0.3, 0.4) is 0 Å². The first-order chi connectivity index (χ1) is 21.4. The third-order valence-electron chi connectivity index (χ3n) is 9.30. The van der Waals surface area contributed by atoms with E-state index in [9.17, 15) is 19.2 Å². The first-order valence-corrected chi connectivity index (χ1v) is 15.2. The highest BCUT2D eigenvalue weighted by Crippen LogP contribution is 2.43. The first-order valence-electron chi connectivity index (χ1n) is 15.2. The van der Waals surface area contributed by atoms with Gasteiger partial charge in [-0.2, -0.15) is 0 Å². The Morgan fingerprint density at radius 1 is 1.16 bits per heavy atom. The van der Waals surface area contributed by atoms with Crippen molar-refractivity contribution in [1.29, 1.82) is 0 Å². The lowest BCUT2D eigenvalue weighted by Crippen LogP contribution is -2.50. The molecule has 3 aliphatic rings. The highest BCUT2D eigenvalue weighted by Gasteiger charge is 2.44. The fourth-order valence-electron chi connectivity index (χ4n) is 6.86. The van der Waals surface area contributed by atoms with Crippen LogP contribution in [-0.4, -0.2) is 41.3 Å². The summed E-state index contributed by atoms with van der Waals surface area (Å²) in [7, 11) is 1.51. The molecule has 2 amide bonds. The number of ether oxygens (including phenoxy) is 2. The summed E-state index contributed by atoms with van der Waals surface area (Å²) in [4.78, 5) is 57.4.